The van der Waals surface area contributed by atoms with Crippen molar-refractivity contribution in [1.29, 1.82) is 0 Å². The Morgan fingerprint density at radius 3 is 1.33 bits per heavy atom. The van der Waals surface area contributed by atoms with Crippen LogP contribution in [0.5, 0.6) is 0 Å². The third-order valence-electron chi connectivity index (χ3n) is 9.76. The van der Waals surface area contributed by atoms with Crippen molar-refractivity contribution in [1.82, 2.24) is 0 Å². The third kappa shape index (κ3) is 9.04. The summed E-state index contributed by atoms with van der Waals surface area (Å²) in [6, 6.07) is 31.1. The normalized spacial score (nSPS) is 14.6. The maximum absolute atomic E-state index is 7.29. The van der Waals surface area contributed by atoms with Crippen LogP contribution < -0.4 is 9.83 Å². The summed E-state index contributed by atoms with van der Waals surface area (Å²) in [5.41, 5.74) is 7.33. The lowest BCUT2D eigenvalue weighted by atomic mass is 9.77. The van der Waals surface area contributed by atoms with Crippen LogP contribution in [0.25, 0.3) is 21.9 Å². The van der Waals surface area contributed by atoms with E-state index in [9.17, 15) is 0 Å². The molecule has 3 nitrogen and oxygen atoms in total. The summed E-state index contributed by atoms with van der Waals surface area (Å²) in [7, 11) is -2.47. The van der Waals surface area contributed by atoms with Gasteiger partial charge in [0.1, 0.15) is 17.3 Å². The van der Waals surface area contributed by atoms with Gasteiger partial charge in [0, 0.05) is 28.1 Å². The summed E-state index contributed by atoms with van der Waals surface area (Å²) in [4.78, 5) is 0. The van der Waals surface area contributed by atoms with Gasteiger partial charge in [0.25, 0.3) is 0 Å². The lowest BCUT2D eigenvalue weighted by Gasteiger charge is -2.34. The third-order valence-corrected chi connectivity index (χ3v) is 14.1. The van der Waals surface area contributed by atoms with Crippen LogP contribution in [-0.2, 0) is 21.7 Å². The molecule has 2 atom stereocenters. The second-order valence-electron chi connectivity index (χ2n) is 19.3. The second-order valence-corrected chi connectivity index (χ2v) is 23.4. The summed E-state index contributed by atoms with van der Waals surface area (Å²) >= 11 is 0. The molecule has 0 aliphatic heterocycles. The van der Waals surface area contributed by atoms with E-state index in [2.05, 4.69) is 189 Å². The Balaban J connectivity index is 1.90. The van der Waals surface area contributed by atoms with Gasteiger partial charge < -0.3 is 8.39 Å². The predicted octanol–water partition coefficient (Wildman–Crippen LogP) is 14.3. The lowest BCUT2D eigenvalue weighted by molar-refractivity contribution is 0.288. The molecule has 0 saturated carbocycles. The molecule has 5 heteroatoms. The monoisotopic (exact) mass is 724 g/mol. The molecular formula is C46H62O3P2. The van der Waals surface area contributed by atoms with E-state index in [1.807, 2.05) is 0 Å². The number of benzene rings is 4. The zero-order valence-corrected chi connectivity index (χ0v) is 35.8. The summed E-state index contributed by atoms with van der Waals surface area (Å²) in [5.74, 6) is 0. The van der Waals surface area contributed by atoms with E-state index in [0.717, 1.165) is 33.7 Å². The number of fused-ring (bicyclic) bond motifs is 3. The Labute approximate surface area is 311 Å². The van der Waals surface area contributed by atoms with Gasteiger partial charge in [-0.2, -0.15) is 0 Å². The smallest absolute Gasteiger partial charge is 0.388 e. The molecule has 4 aromatic carbocycles. The van der Waals surface area contributed by atoms with E-state index >= 15 is 0 Å². The zero-order valence-electron chi connectivity index (χ0n) is 34.0. The largest absolute Gasteiger partial charge is 0.399 e. The van der Waals surface area contributed by atoms with E-state index in [1.54, 1.807) is 0 Å². The van der Waals surface area contributed by atoms with Crippen LogP contribution in [0.15, 0.2) is 93.3 Å². The van der Waals surface area contributed by atoms with E-state index in [4.69, 9.17) is 12.9 Å². The van der Waals surface area contributed by atoms with Crippen LogP contribution in [-0.4, -0.2) is 11.3 Å². The molecule has 0 amide bonds. The fourth-order valence-electron chi connectivity index (χ4n) is 6.56. The van der Waals surface area contributed by atoms with Gasteiger partial charge in [0.15, 0.2) is 0 Å². The average molecular weight is 725 g/mol. The zero-order chi connectivity index (χ0) is 37.7. The van der Waals surface area contributed by atoms with Crippen LogP contribution in [0, 0.1) is 0 Å². The molecule has 0 spiro atoms. The Kier molecular flexibility index (Phi) is 11.0. The van der Waals surface area contributed by atoms with Gasteiger partial charge in [-0.05, 0) is 60.9 Å². The van der Waals surface area contributed by atoms with Crippen molar-refractivity contribution in [2.45, 2.75) is 137 Å². The molecule has 1 unspecified atom stereocenters. The first kappa shape index (κ1) is 39.4. The van der Waals surface area contributed by atoms with Gasteiger partial charge in [0.05, 0.1) is 0 Å². The Morgan fingerprint density at radius 1 is 0.549 bits per heavy atom. The van der Waals surface area contributed by atoms with Crippen molar-refractivity contribution in [3.8, 4) is 0 Å². The van der Waals surface area contributed by atoms with Crippen molar-refractivity contribution in [2.24, 2.45) is 0 Å². The predicted molar refractivity (Wildman–Crippen MR) is 225 cm³/mol. The molecule has 0 saturated heterocycles. The quantitative estimate of drug-likeness (QED) is 0.164. The summed E-state index contributed by atoms with van der Waals surface area (Å²) in [5, 5.41) is 3.62. The Morgan fingerprint density at radius 2 is 0.961 bits per heavy atom. The topological polar surface area (TPSA) is 35.5 Å². The van der Waals surface area contributed by atoms with Gasteiger partial charge in [0.2, 0.25) is 0 Å². The van der Waals surface area contributed by atoms with Gasteiger partial charge in [-0.15, -0.1) is 0 Å². The van der Waals surface area contributed by atoms with Crippen molar-refractivity contribution < 1.29 is 12.9 Å². The van der Waals surface area contributed by atoms with Crippen LogP contribution in [0.3, 0.4) is 0 Å². The van der Waals surface area contributed by atoms with Gasteiger partial charge in [-0.3, -0.25) is 4.52 Å². The molecule has 5 aromatic rings. The first-order valence-electron chi connectivity index (χ1n) is 18.5. The molecule has 5 rings (SSSR count). The van der Waals surface area contributed by atoms with E-state index < -0.39 is 16.2 Å². The minimum absolute atomic E-state index is 0.0575. The molecule has 0 N–H and O–H groups in total. The van der Waals surface area contributed by atoms with E-state index in [0.29, 0.717) is 0 Å². The highest BCUT2D eigenvalue weighted by Gasteiger charge is 2.33. The SMILES string of the molecule is CC(C)(C)c1cc(C(C)(C)C)c2op(O[C@@H](CP(c3ccccc3)C(C)(C)C)c3ccccc3)oc3c(C(C)(C)C)cc(C(C)(C)C)cc3c2c1. The summed E-state index contributed by atoms with van der Waals surface area (Å²) in [6.07, 6.45) is 0.620. The van der Waals surface area contributed by atoms with Crippen molar-refractivity contribution in [3.63, 3.8) is 0 Å². The first-order valence-corrected chi connectivity index (χ1v) is 21.2. The molecule has 51 heavy (non-hydrogen) atoms. The van der Waals surface area contributed by atoms with Crippen molar-refractivity contribution in [3.05, 3.63) is 113 Å². The summed E-state index contributed by atoms with van der Waals surface area (Å²) < 4.78 is 21.7. The fourth-order valence-corrected chi connectivity index (χ4v) is 10.6. The average Bonchev–Trinajstić information content (AvgIpc) is 3.16. The van der Waals surface area contributed by atoms with Crippen molar-refractivity contribution in [2.75, 3.05) is 6.16 Å². The van der Waals surface area contributed by atoms with Crippen LogP contribution >= 0.6 is 16.2 Å². The molecule has 274 valence electrons. The Hall–Kier alpha value is -2.83. The van der Waals surface area contributed by atoms with Crippen LogP contribution in [0.1, 0.15) is 138 Å². The Bertz CT molecular complexity index is 1910. The highest BCUT2D eigenvalue weighted by molar-refractivity contribution is 7.67. The first-order chi connectivity index (χ1) is 23.4. The van der Waals surface area contributed by atoms with Gasteiger partial charge in [-0.25, -0.2) is 0 Å². The molecule has 0 fully saturated rings. The van der Waals surface area contributed by atoms with E-state index in [1.165, 1.54) is 27.6 Å². The van der Waals surface area contributed by atoms with Crippen LogP contribution in [0.2, 0.25) is 0 Å². The van der Waals surface area contributed by atoms with E-state index in [-0.39, 0.29) is 32.9 Å². The standard InChI is InChI=1S/C46H62O3P2/c1-42(2,3)32-26-35-36-27-33(43(4,5)6)29-38(45(10,11)12)41(36)49-51(48-40(35)37(28-32)44(7,8)9)47-39(31-22-18-16-19-23-31)30-50(46(13,14)15)34-24-20-17-21-25-34/h16-29,39H,30H2,1-15H3/t39-,50?/m0/s1. The number of hydrogen-bond acceptors (Lipinski definition) is 3. The highest BCUT2D eigenvalue weighted by Crippen LogP contribution is 2.53. The molecule has 1 heterocycles. The molecule has 0 radical (unpaired) electrons. The minimum Gasteiger partial charge on any atom is -0.399 e. The molecule has 0 aliphatic carbocycles. The maximum Gasteiger partial charge on any atom is 0.388 e. The molecule has 0 aliphatic rings. The molecule has 0 bridgehead atoms. The highest BCUT2D eigenvalue weighted by atomic mass is 31.1. The van der Waals surface area contributed by atoms with Gasteiger partial charge in [-0.1, -0.05) is 185 Å². The number of hydrogen-bond donors (Lipinski definition) is 0. The number of rotatable bonds is 6. The second kappa shape index (κ2) is 14.2. The molecule has 1 aromatic heterocycles. The molecular weight excluding hydrogens is 662 g/mol. The maximum atomic E-state index is 7.29. The van der Waals surface area contributed by atoms with Crippen molar-refractivity contribution >= 4 is 43.4 Å². The van der Waals surface area contributed by atoms with Crippen LogP contribution in [0.4, 0.5) is 0 Å². The fraction of sp³-hybridized carbons (Fsp3) is 0.478. The minimum atomic E-state index is -1.86. The van der Waals surface area contributed by atoms with Gasteiger partial charge >= 0.3 is 8.24 Å². The lowest BCUT2D eigenvalue weighted by Crippen LogP contribution is -2.25. The summed E-state index contributed by atoms with van der Waals surface area (Å²) in [6.45, 7) is 34.5.